The zero-order chi connectivity index (χ0) is 22.2. The molecule has 160 valence electrons. The molecule has 4 rings (SSSR count). The molecule has 0 bridgehead atoms. The number of aromatic hydroxyl groups is 1. The summed E-state index contributed by atoms with van der Waals surface area (Å²) < 4.78 is 31.1. The molecular formula is C23H22N2O5S. The smallest absolute Gasteiger partial charge is 0.411 e. The van der Waals surface area contributed by atoms with E-state index in [0.29, 0.717) is 0 Å². The Morgan fingerprint density at radius 2 is 1.58 bits per heavy atom. The molecule has 0 saturated carbocycles. The molecule has 1 amide bonds. The van der Waals surface area contributed by atoms with Crippen LogP contribution in [0.3, 0.4) is 0 Å². The number of hydrogen-bond acceptors (Lipinski definition) is 5. The molecule has 0 spiro atoms. The van der Waals surface area contributed by atoms with Crippen molar-refractivity contribution in [3.05, 3.63) is 77.9 Å². The molecule has 0 heterocycles. The first-order valence-electron chi connectivity index (χ1n) is 9.66. The van der Waals surface area contributed by atoms with E-state index < -0.39 is 16.1 Å². The van der Waals surface area contributed by atoms with Crippen LogP contribution in [0, 0.1) is 0 Å². The number of nitrogens with zero attached hydrogens (tertiary/aromatic N) is 1. The number of phenolic OH excluding ortho intramolecular Hbond substituents is 1. The Morgan fingerprint density at radius 1 is 1.00 bits per heavy atom. The standard InChI is InChI=1S/C23H22N2O5S/c1-25(2)31(28,29)15-11-12-22(26)21(13-15)24-23(27)30-14-20-18-9-5-3-7-16(18)17-8-4-6-10-19(17)20/h3-13,20,26H,14H2,1-2H3,(H,24,27). The SMILES string of the molecule is CN(C)S(=O)(=O)c1ccc(O)c(NC(=O)OCC2c3ccccc3-c3ccccc32)c1. The Labute approximate surface area is 181 Å². The minimum atomic E-state index is -3.71. The molecule has 8 heteroatoms. The number of nitrogens with one attached hydrogen (secondary N) is 1. The van der Waals surface area contributed by atoms with Crippen LogP contribution in [0.5, 0.6) is 5.75 Å². The molecule has 1 aliphatic carbocycles. The van der Waals surface area contributed by atoms with Gasteiger partial charge in [0.25, 0.3) is 0 Å². The summed E-state index contributed by atoms with van der Waals surface area (Å²) in [5.74, 6) is -0.363. The largest absolute Gasteiger partial charge is 0.506 e. The highest BCUT2D eigenvalue weighted by molar-refractivity contribution is 7.89. The molecule has 1 aliphatic rings. The summed E-state index contributed by atoms with van der Waals surface area (Å²) in [6.07, 6.45) is -0.781. The molecule has 0 atom stereocenters. The second-order valence-corrected chi connectivity index (χ2v) is 9.57. The fourth-order valence-electron chi connectivity index (χ4n) is 3.73. The predicted octanol–water partition coefficient (Wildman–Crippen LogP) is 4.00. The van der Waals surface area contributed by atoms with Crippen LogP contribution in [0.25, 0.3) is 11.1 Å². The van der Waals surface area contributed by atoms with Crippen LogP contribution < -0.4 is 5.32 Å². The van der Waals surface area contributed by atoms with Gasteiger partial charge in [0.2, 0.25) is 10.0 Å². The van der Waals surface area contributed by atoms with Gasteiger partial charge in [0.1, 0.15) is 12.4 Å². The lowest BCUT2D eigenvalue weighted by molar-refractivity contribution is 0.158. The van der Waals surface area contributed by atoms with Crippen LogP contribution in [0.4, 0.5) is 10.5 Å². The summed E-state index contributed by atoms with van der Waals surface area (Å²) in [5, 5.41) is 12.5. The second kappa shape index (κ2) is 8.05. The van der Waals surface area contributed by atoms with E-state index in [1.807, 2.05) is 48.5 Å². The lowest BCUT2D eigenvalue weighted by Gasteiger charge is -2.16. The maximum absolute atomic E-state index is 12.4. The number of amides is 1. The highest BCUT2D eigenvalue weighted by Crippen LogP contribution is 2.44. The number of fused-ring (bicyclic) bond motifs is 3. The molecule has 31 heavy (non-hydrogen) atoms. The van der Waals surface area contributed by atoms with E-state index in [4.69, 9.17) is 4.74 Å². The van der Waals surface area contributed by atoms with E-state index >= 15 is 0 Å². The molecule has 0 radical (unpaired) electrons. The van der Waals surface area contributed by atoms with Crippen molar-refractivity contribution in [2.24, 2.45) is 0 Å². The van der Waals surface area contributed by atoms with Crippen molar-refractivity contribution >= 4 is 21.8 Å². The van der Waals surface area contributed by atoms with Crippen LogP contribution in [0.2, 0.25) is 0 Å². The van der Waals surface area contributed by atoms with Crippen molar-refractivity contribution in [2.75, 3.05) is 26.0 Å². The summed E-state index contributed by atoms with van der Waals surface area (Å²) in [6, 6.07) is 19.7. The van der Waals surface area contributed by atoms with Crippen molar-refractivity contribution < 1.29 is 23.1 Å². The fourth-order valence-corrected chi connectivity index (χ4v) is 4.66. The first kappa shape index (κ1) is 20.9. The van der Waals surface area contributed by atoms with E-state index in [9.17, 15) is 18.3 Å². The number of carbonyl (C=O) groups is 1. The summed E-state index contributed by atoms with van der Waals surface area (Å²) in [4.78, 5) is 12.4. The van der Waals surface area contributed by atoms with Gasteiger partial charge < -0.3 is 9.84 Å². The van der Waals surface area contributed by atoms with Gasteiger partial charge in [-0.1, -0.05) is 48.5 Å². The minimum absolute atomic E-state index is 0.0415. The number of sulfonamides is 1. The van der Waals surface area contributed by atoms with E-state index in [1.54, 1.807) is 0 Å². The van der Waals surface area contributed by atoms with Crippen LogP contribution in [0.15, 0.2) is 71.6 Å². The van der Waals surface area contributed by atoms with E-state index in [2.05, 4.69) is 5.32 Å². The van der Waals surface area contributed by atoms with Gasteiger partial charge in [0.05, 0.1) is 10.6 Å². The number of benzene rings is 3. The highest BCUT2D eigenvalue weighted by atomic mass is 32.2. The van der Waals surface area contributed by atoms with Crippen molar-refractivity contribution in [3.8, 4) is 16.9 Å². The zero-order valence-electron chi connectivity index (χ0n) is 17.1. The van der Waals surface area contributed by atoms with Gasteiger partial charge in [0, 0.05) is 20.0 Å². The molecular weight excluding hydrogens is 416 g/mol. The summed E-state index contributed by atoms with van der Waals surface area (Å²) in [6.45, 7) is 0.107. The zero-order valence-corrected chi connectivity index (χ0v) is 17.9. The third-order valence-electron chi connectivity index (χ3n) is 5.33. The first-order valence-corrected chi connectivity index (χ1v) is 11.1. The molecule has 3 aromatic carbocycles. The van der Waals surface area contributed by atoms with Crippen LogP contribution >= 0.6 is 0 Å². The Balaban J connectivity index is 1.51. The number of ether oxygens (including phenoxy) is 1. The van der Waals surface area contributed by atoms with Crippen molar-refractivity contribution in [2.45, 2.75) is 10.8 Å². The van der Waals surface area contributed by atoms with Crippen molar-refractivity contribution in [3.63, 3.8) is 0 Å². The summed E-state index contributed by atoms with van der Waals surface area (Å²) in [7, 11) is -0.907. The predicted molar refractivity (Wildman–Crippen MR) is 118 cm³/mol. The molecule has 0 unspecified atom stereocenters. The maximum Gasteiger partial charge on any atom is 0.411 e. The van der Waals surface area contributed by atoms with Crippen LogP contribution in [0.1, 0.15) is 17.0 Å². The van der Waals surface area contributed by atoms with Crippen molar-refractivity contribution in [1.29, 1.82) is 0 Å². The van der Waals surface area contributed by atoms with Gasteiger partial charge in [-0.3, -0.25) is 5.32 Å². The molecule has 0 aromatic heterocycles. The van der Waals surface area contributed by atoms with Gasteiger partial charge in [-0.2, -0.15) is 0 Å². The molecule has 0 saturated heterocycles. The number of hydrogen-bond donors (Lipinski definition) is 2. The molecule has 2 N–H and O–H groups in total. The lowest BCUT2D eigenvalue weighted by Crippen LogP contribution is -2.22. The van der Waals surface area contributed by atoms with Gasteiger partial charge in [-0.15, -0.1) is 0 Å². The second-order valence-electron chi connectivity index (χ2n) is 7.42. The Kier molecular flexibility index (Phi) is 5.43. The van der Waals surface area contributed by atoms with E-state index in [0.717, 1.165) is 26.6 Å². The molecule has 3 aromatic rings. The Morgan fingerprint density at radius 3 is 2.16 bits per heavy atom. The van der Waals surface area contributed by atoms with Gasteiger partial charge in [-0.05, 0) is 40.5 Å². The highest BCUT2D eigenvalue weighted by Gasteiger charge is 2.29. The summed E-state index contributed by atoms with van der Waals surface area (Å²) >= 11 is 0. The average molecular weight is 439 g/mol. The monoisotopic (exact) mass is 438 g/mol. The number of anilines is 1. The van der Waals surface area contributed by atoms with Gasteiger partial charge in [-0.25, -0.2) is 17.5 Å². The van der Waals surface area contributed by atoms with E-state index in [-0.39, 0.29) is 28.9 Å². The quantitative estimate of drug-likeness (QED) is 0.587. The van der Waals surface area contributed by atoms with Crippen LogP contribution in [-0.4, -0.2) is 44.6 Å². The maximum atomic E-state index is 12.4. The molecule has 0 fully saturated rings. The molecule has 0 aliphatic heterocycles. The fraction of sp³-hybridized carbons (Fsp3) is 0.174. The summed E-state index contributed by atoms with van der Waals surface area (Å²) in [5.41, 5.74) is 4.36. The third-order valence-corrected chi connectivity index (χ3v) is 7.14. The average Bonchev–Trinajstić information content (AvgIpc) is 3.07. The first-order chi connectivity index (χ1) is 14.8. The van der Waals surface area contributed by atoms with Gasteiger partial charge in [0.15, 0.2) is 0 Å². The number of phenols is 1. The van der Waals surface area contributed by atoms with Crippen molar-refractivity contribution in [1.82, 2.24) is 4.31 Å². The lowest BCUT2D eigenvalue weighted by atomic mass is 9.98. The van der Waals surface area contributed by atoms with Gasteiger partial charge >= 0.3 is 6.09 Å². The number of rotatable bonds is 5. The van der Waals surface area contributed by atoms with Crippen LogP contribution in [-0.2, 0) is 14.8 Å². The third kappa shape index (κ3) is 3.87. The number of carbonyl (C=O) groups excluding carboxylic acids is 1. The minimum Gasteiger partial charge on any atom is -0.506 e. The topological polar surface area (TPSA) is 95.9 Å². The molecule has 7 nitrogen and oxygen atoms in total. The van der Waals surface area contributed by atoms with E-state index in [1.165, 1.54) is 32.3 Å². The Bertz CT molecular complexity index is 1210. The normalized spacial score (nSPS) is 13.0. The Hall–Kier alpha value is -3.36.